The van der Waals surface area contributed by atoms with Gasteiger partial charge in [-0.3, -0.25) is 9.59 Å². The van der Waals surface area contributed by atoms with Crippen LogP contribution in [0.25, 0.3) is 39.1 Å². The Morgan fingerprint density at radius 1 is 0.837 bits per heavy atom. The molecular weight excluding hydrogens is 536 g/mol. The third-order valence-electron chi connectivity index (χ3n) is 7.74. The summed E-state index contributed by atoms with van der Waals surface area (Å²) in [6.07, 6.45) is 9.10. The number of aromatic amines is 2. The zero-order valence-corrected chi connectivity index (χ0v) is 24.5. The van der Waals surface area contributed by atoms with Crippen LogP contribution in [0.4, 0.5) is 0 Å². The highest BCUT2D eigenvalue weighted by atomic mass is 16.2. The van der Waals surface area contributed by atoms with Crippen molar-refractivity contribution in [3.8, 4) is 11.3 Å². The topological polar surface area (TPSA) is 107 Å². The van der Waals surface area contributed by atoms with Gasteiger partial charge in [0, 0.05) is 52.7 Å². The third-order valence-corrected chi connectivity index (χ3v) is 7.74. The fourth-order valence-electron chi connectivity index (χ4n) is 5.53. The van der Waals surface area contributed by atoms with Crippen molar-refractivity contribution in [2.45, 2.75) is 51.5 Å². The van der Waals surface area contributed by atoms with E-state index in [2.05, 4.69) is 44.9 Å². The van der Waals surface area contributed by atoms with Crippen molar-refractivity contribution in [3.05, 3.63) is 102 Å². The monoisotopic (exact) mass is 574 g/mol. The van der Waals surface area contributed by atoms with Gasteiger partial charge in [0.15, 0.2) is 0 Å². The van der Waals surface area contributed by atoms with E-state index in [-0.39, 0.29) is 17.6 Å². The lowest BCUT2D eigenvalue weighted by Crippen LogP contribution is -2.46. The van der Waals surface area contributed by atoms with E-state index in [0.29, 0.717) is 25.8 Å². The minimum Gasteiger partial charge on any atom is -0.361 e. The molecule has 5 rings (SSSR count). The lowest BCUT2D eigenvalue weighted by Gasteiger charge is -2.18. The predicted octanol–water partition coefficient (Wildman–Crippen LogP) is 6.71. The molecule has 3 aromatic carbocycles. The number of Topliss-reactive ketones (excluding diaryl/α,β-unsaturated/α-hetero) is 1. The minimum absolute atomic E-state index is 0.164. The van der Waals surface area contributed by atoms with Gasteiger partial charge in [0.2, 0.25) is 11.8 Å². The van der Waals surface area contributed by atoms with Gasteiger partial charge in [-0.05, 0) is 61.1 Å². The number of hydrogen-bond donors (Lipinski definition) is 4. The number of carbonyl (C=O) groups is 3. The molecule has 0 spiro atoms. The Morgan fingerprint density at radius 3 is 2.35 bits per heavy atom. The number of nitrogens with one attached hydrogen (secondary N) is 4. The molecule has 7 heteroatoms. The van der Waals surface area contributed by atoms with Gasteiger partial charge in [-0.1, -0.05) is 79.6 Å². The molecule has 5 aromatic rings. The van der Waals surface area contributed by atoms with Gasteiger partial charge in [-0.25, -0.2) is 0 Å². The number of amides is 2. The number of aromatic nitrogens is 2. The van der Waals surface area contributed by atoms with E-state index >= 15 is 0 Å². The molecule has 1 unspecified atom stereocenters. The number of unbranched alkanes of at least 4 members (excludes halogenated alkanes) is 2. The minimum atomic E-state index is -0.672. The maximum atomic E-state index is 13.4. The molecule has 0 aliphatic rings. The van der Waals surface area contributed by atoms with E-state index in [0.717, 1.165) is 63.5 Å². The van der Waals surface area contributed by atoms with Gasteiger partial charge in [-0.15, -0.1) is 0 Å². The largest absolute Gasteiger partial charge is 0.361 e. The van der Waals surface area contributed by atoms with Gasteiger partial charge in [0.1, 0.15) is 11.8 Å². The molecule has 0 aliphatic heterocycles. The molecule has 1 atom stereocenters. The van der Waals surface area contributed by atoms with Crippen molar-refractivity contribution in [2.24, 2.45) is 0 Å². The lowest BCUT2D eigenvalue weighted by atomic mass is 10.0. The van der Waals surface area contributed by atoms with Crippen LogP contribution < -0.4 is 10.6 Å². The number of para-hydroxylation sites is 2. The summed E-state index contributed by atoms with van der Waals surface area (Å²) < 4.78 is 0. The Kier molecular flexibility index (Phi) is 9.85. The Labute approximate surface area is 251 Å². The zero-order valence-electron chi connectivity index (χ0n) is 24.5. The van der Waals surface area contributed by atoms with E-state index in [4.69, 9.17) is 0 Å². The summed E-state index contributed by atoms with van der Waals surface area (Å²) in [6, 6.07) is 25.6. The maximum absolute atomic E-state index is 13.4. The second kappa shape index (κ2) is 14.3. The van der Waals surface area contributed by atoms with Gasteiger partial charge >= 0.3 is 0 Å². The van der Waals surface area contributed by atoms with Gasteiger partial charge < -0.3 is 25.4 Å². The molecule has 4 N–H and O–H groups in total. The fraction of sp³-hybridized carbons (Fsp3) is 0.250. The Bertz CT molecular complexity index is 1730. The molecule has 220 valence electrons. The van der Waals surface area contributed by atoms with Crippen LogP contribution in [0.15, 0.2) is 91.1 Å². The summed E-state index contributed by atoms with van der Waals surface area (Å²) in [4.78, 5) is 44.4. The molecular formula is C36H38N4O3. The molecule has 0 radical (unpaired) electrons. The molecule has 0 aliphatic carbocycles. The first-order chi connectivity index (χ1) is 21.0. The fourth-order valence-corrected chi connectivity index (χ4v) is 5.53. The SMILES string of the molecule is CC(=O)CCCCCC(NC(=O)/C=C/c1c[nH]c2ccccc12)C(=O)NCCc1c(-c2ccccc2)[nH]c2ccccc12. The van der Waals surface area contributed by atoms with E-state index in [1.807, 2.05) is 60.8 Å². The van der Waals surface area contributed by atoms with Crippen molar-refractivity contribution in [2.75, 3.05) is 6.54 Å². The van der Waals surface area contributed by atoms with Gasteiger partial charge in [0.05, 0.1) is 0 Å². The van der Waals surface area contributed by atoms with Crippen molar-refractivity contribution in [1.82, 2.24) is 20.6 Å². The van der Waals surface area contributed by atoms with Crippen LogP contribution in [-0.4, -0.2) is 40.2 Å². The average molecular weight is 575 g/mol. The summed E-state index contributed by atoms with van der Waals surface area (Å²) in [7, 11) is 0. The van der Waals surface area contributed by atoms with Crippen LogP contribution in [0.2, 0.25) is 0 Å². The molecule has 0 saturated carbocycles. The van der Waals surface area contributed by atoms with Crippen molar-refractivity contribution in [3.63, 3.8) is 0 Å². The quantitative estimate of drug-likeness (QED) is 0.0874. The van der Waals surface area contributed by atoms with Crippen LogP contribution in [0.5, 0.6) is 0 Å². The second-order valence-electron chi connectivity index (χ2n) is 10.9. The number of hydrogen-bond acceptors (Lipinski definition) is 3. The predicted molar refractivity (Wildman–Crippen MR) is 173 cm³/mol. The molecule has 0 bridgehead atoms. The van der Waals surface area contributed by atoms with Crippen molar-refractivity contribution < 1.29 is 14.4 Å². The first-order valence-corrected chi connectivity index (χ1v) is 15.0. The highest BCUT2D eigenvalue weighted by Gasteiger charge is 2.20. The molecule has 2 heterocycles. The van der Waals surface area contributed by atoms with Crippen LogP contribution in [0.1, 0.15) is 50.2 Å². The van der Waals surface area contributed by atoms with Crippen LogP contribution >= 0.6 is 0 Å². The zero-order chi connectivity index (χ0) is 30.0. The molecule has 0 saturated heterocycles. The lowest BCUT2D eigenvalue weighted by molar-refractivity contribution is -0.127. The standard InChI is InChI=1S/C36H38N4O3/c1-25(41)12-4-2-7-19-33(39-34(42)21-20-27-24-38-31-17-10-8-15-28(27)31)36(43)37-23-22-30-29-16-9-11-18-32(29)40-35(30)26-13-5-3-6-14-26/h3,5-6,8-11,13-18,20-21,24,33,38,40H,2,4,7,12,19,22-23H2,1H3,(H,37,43)(H,39,42)/b21-20+. The van der Waals surface area contributed by atoms with Crippen LogP contribution in [0, 0.1) is 0 Å². The van der Waals surface area contributed by atoms with Crippen LogP contribution in [-0.2, 0) is 20.8 Å². The van der Waals surface area contributed by atoms with E-state index in [1.165, 1.54) is 6.08 Å². The number of ketones is 1. The number of carbonyl (C=O) groups excluding carboxylic acids is 3. The molecule has 2 aromatic heterocycles. The van der Waals surface area contributed by atoms with E-state index < -0.39 is 6.04 Å². The summed E-state index contributed by atoms with van der Waals surface area (Å²) in [5.41, 5.74) is 6.25. The number of rotatable bonds is 14. The van der Waals surface area contributed by atoms with E-state index in [1.54, 1.807) is 13.0 Å². The van der Waals surface area contributed by atoms with Gasteiger partial charge in [0.25, 0.3) is 0 Å². The molecule has 43 heavy (non-hydrogen) atoms. The number of H-pyrrole nitrogens is 2. The molecule has 0 fully saturated rings. The summed E-state index contributed by atoms with van der Waals surface area (Å²) >= 11 is 0. The van der Waals surface area contributed by atoms with Crippen LogP contribution in [0.3, 0.4) is 0 Å². The average Bonchev–Trinajstić information content (AvgIpc) is 3.61. The third kappa shape index (κ3) is 7.68. The Hall–Kier alpha value is -4.91. The maximum Gasteiger partial charge on any atom is 0.244 e. The smallest absolute Gasteiger partial charge is 0.244 e. The van der Waals surface area contributed by atoms with Crippen molar-refractivity contribution >= 4 is 45.5 Å². The van der Waals surface area contributed by atoms with Crippen molar-refractivity contribution in [1.29, 1.82) is 0 Å². The number of benzene rings is 3. The Balaban J connectivity index is 1.25. The Morgan fingerprint density at radius 2 is 1.56 bits per heavy atom. The summed E-state index contributed by atoms with van der Waals surface area (Å²) in [5, 5.41) is 8.15. The highest BCUT2D eigenvalue weighted by Crippen LogP contribution is 2.30. The molecule has 7 nitrogen and oxygen atoms in total. The molecule has 2 amide bonds. The summed E-state index contributed by atoms with van der Waals surface area (Å²) in [5.74, 6) is -0.365. The first-order valence-electron chi connectivity index (χ1n) is 15.0. The first kappa shape index (κ1) is 29.6. The second-order valence-corrected chi connectivity index (χ2v) is 10.9. The normalized spacial score (nSPS) is 12.1. The number of fused-ring (bicyclic) bond motifs is 2. The highest BCUT2D eigenvalue weighted by molar-refractivity contribution is 5.98. The van der Waals surface area contributed by atoms with E-state index in [9.17, 15) is 14.4 Å². The van der Waals surface area contributed by atoms with Gasteiger partial charge in [-0.2, -0.15) is 0 Å². The summed E-state index contributed by atoms with van der Waals surface area (Å²) in [6.45, 7) is 2.02.